The SMILES string of the molecule is CCCC[C@@H]1CCC[C@@H]2CCCC[C@@H]12. The molecule has 0 heterocycles. The maximum absolute atomic E-state index is 2.33. The predicted octanol–water partition coefficient (Wildman–Crippen LogP) is 4.78. The highest BCUT2D eigenvalue weighted by Gasteiger charge is 2.33. The minimum atomic E-state index is 1.12. The van der Waals surface area contributed by atoms with Gasteiger partial charge in [-0.25, -0.2) is 0 Å². The highest BCUT2D eigenvalue weighted by atomic mass is 14.4. The summed E-state index contributed by atoms with van der Waals surface area (Å²) < 4.78 is 0. The first-order valence-corrected chi connectivity index (χ1v) is 6.92. The van der Waals surface area contributed by atoms with Crippen LogP contribution < -0.4 is 0 Å². The Balaban J connectivity index is 1.88. The maximum atomic E-state index is 2.33. The van der Waals surface area contributed by atoms with Crippen molar-refractivity contribution in [2.75, 3.05) is 0 Å². The van der Waals surface area contributed by atoms with E-state index in [0.29, 0.717) is 0 Å². The van der Waals surface area contributed by atoms with Gasteiger partial charge in [0.1, 0.15) is 0 Å². The minimum Gasteiger partial charge on any atom is -0.0654 e. The Bertz CT molecular complexity index is 159. The van der Waals surface area contributed by atoms with Crippen molar-refractivity contribution < 1.29 is 0 Å². The molecule has 2 saturated carbocycles. The first-order chi connectivity index (χ1) is 6.92. The predicted molar refractivity (Wildman–Crippen MR) is 62.3 cm³/mol. The average molecular weight is 194 g/mol. The van der Waals surface area contributed by atoms with Gasteiger partial charge in [-0.1, -0.05) is 64.7 Å². The third kappa shape index (κ3) is 2.32. The van der Waals surface area contributed by atoms with Crippen molar-refractivity contribution in [3.63, 3.8) is 0 Å². The van der Waals surface area contributed by atoms with Crippen LogP contribution in [0.2, 0.25) is 0 Å². The Morgan fingerprint density at radius 2 is 1.71 bits per heavy atom. The van der Waals surface area contributed by atoms with Crippen LogP contribution in [0.1, 0.15) is 71.1 Å². The Morgan fingerprint density at radius 1 is 0.929 bits per heavy atom. The number of hydrogen-bond acceptors (Lipinski definition) is 0. The summed E-state index contributed by atoms with van der Waals surface area (Å²) in [7, 11) is 0. The van der Waals surface area contributed by atoms with Crippen LogP contribution in [0.5, 0.6) is 0 Å². The van der Waals surface area contributed by atoms with Gasteiger partial charge in [-0.15, -0.1) is 0 Å². The van der Waals surface area contributed by atoms with Gasteiger partial charge in [0.05, 0.1) is 0 Å². The molecule has 0 bridgehead atoms. The second-order valence-corrected chi connectivity index (χ2v) is 5.54. The van der Waals surface area contributed by atoms with E-state index in [-0.39, 0.29) is 0 Å². The topological polar surface area (TPSA) is 0 Å². The third-order valence-corrected chi connectivity index (χ3v) is 4.65. The van der Waals surface area contributed by atoms with Gasteiger partial charge in [0, 0.05) is 0 Å². The summed E-state index contributed by atoms with van der Waals surface area (Å²) in [5.41, 5.74) is 0. The van der Waals surface area contributed by atoms with Crippen LogP contribution in [0.15, 0.2) is 0 Å². The van der Waals surface area contributed by atoms with Gasteiger partial charge in [0.25, 0.3) is 0 Å². The molecule has 2 aliphatic rings. The fourth-order valence-corrected chi connectivity index (χ4v) is 3.90. The summed E-state index contributed by atoms with van der Waals surface area (Å²) >= 11 is 0. The normalized spacial score (nSPS) is 37.9. The molecule has 0 nitrogen and oxygen atoms in total. The van der Waals surface area contributed by atoms with Gasteiger partial charge in [-0.2, -0.15) is 0 Å². The van der Waals surface area contributed by atoms with Gasteiger partial charge in [-0.05, 0) is 24.2 Å². The monoisotopic (exact) mass is 194 g/mol. The van der Waals surface area contributed by atoms with Crippen LogP contribution in [-0.2, 0) is 0 Å². The summed E-state index contributed by atoms with van der Waals surface area (Å²) in [6.45, 7) is 2.33. The standard InChI is InChI=1S/C14H26/c1-2-3-7-12-9-6-10-13-8-4-5-11-14(12)13/h12-14H,2-11H2,1H3/t12-,13+,14+/m1/s1. The maximum Gasteiger partial charge on any atom is -0.0357 e. The van der Waals surface area contributed by atoms with Crippen molar-refractivity contribution in [3.8, 4) is 0 Å². The molecule has 0 unspecified atom stereocenters. The summed E-state index contributed by atoms with van der Waals surface area (Å²) in [5.74, 6) is 3.40. The molecule has 0 aromatic heterocycles. The third-order valence-electron chi connectivity index (χ3n) is 4.65. The Labute approximate surface area is 89.5 Å². The van der Waals surface area contributed by atoms with E-state index >= 15 is 0 Å². The van der Waals surface area contributed by atoms with Gasteiger partial charge < -0.3 is 0 Å². The molecule has 3 atom stereocenters. The van der Waals surface area contributed by atoms with E-state index in [1.807, 2.05) is 0 Å². The zero-order valence-electron chi connectivity index (χ0n) is 9.80. The van der Waals surface area contributed by atoms with Crippen LogP contribution in [0, 0.1) is 17.8 Å². The molecule has 82 valence electrons. The van der Waals surface area contributed by atoms with Crippen molar-refractivity contribution in [2.45, 2.75) is 71.1 Å². The molecule has 2 fully saturated rings. The summed E-state index contributed by atoms with van der Waals surface area (Å²) in [4.78, 5) is 0. The molecule has 2 rings (SSSR count). The van der Waals surface area contributed by atoms with Gasteiger partial charge in [0.15, 0.2) is 0 Å². The molecule has 0 aromatic carbocycles. The molecule has 0 aromatic rings. The van der Waals surface area contributed by atoms with Crippen LogP contribution in [-0.4, -0.2) is 0 Å². The van der Waals surface area contributed by atoms with E-state index in [9.17, 15) is 0 Å². The van der Waals surface area contributed by atoms with Crippen LogP contribution in [0.4, 0.5) is 0 Å². The minimum absolute atomic E-state index is 1.12. The lowest BCUT2D eigenvalue weighted by Crippen LogP contribution is -2.30. The van der Waals surface area contributed by atoms with E-state index in [2.05, 4.69) is 6.92 Å². The van der Waals surface area contributed by atoms with Crippen molar-refractivity contribution >= 4 is 0 Å². The molecule has 0 heteroatoms. The van der Waals surface area contributed by atoms with E-state index in [1.54, 1.807) is 25.7 Å². The largest absolute Gasteiger partial charge is 0.0654 e. The van der Waals surface area contributed by atoms with Crippen LogP contribution >= 0.6 is 0 Å². The lowest BCUT2D eigenvalue weighted by Gasteiger charge is -2.41. The molecule has 2 aliphatic carbocycles. The zero-order valence-corrected chi connectivity index (χ0v) is 9.80. The van der Waals surface area contributed by atoms with Crippen molar-refractivity contribution in [1.82, 2.24) is 0 Å². The van der Waals surface area contributed by atoms with Crippen molar-refractivity contribution in [1.29, 1.82) is 0 Å². The smallest absolute Gasteiger partial charge is 0.0357 e. The number of rotatable bonds is 3. The fourth-order valence-electron chi connectivity index (χ4n) is 3.90. The number of fused-ring (bicyclic) bond motifs is 1. The van der Waals surface area contributed by atoms with Gasteiger partial charge >= 0.3 is 0 Å². The molecule has 14 heavy (non-hydrogen) atoms. The Morgan fingerprint density at radius 3 is 2.57 bits per heavy atom. The molecular formula is C14H26. The highest BCUT2D eigenvalue weighted by Crippen LogP contribution is 2.45. The number of unbranched alkanes of at least 4 members (excludes halogenated alkanes) is 1. The molecular weight excluding hydrogens is 168 g/mol. The molecule has 0 spiro atoms. The van der Waals surface area contributed by atoms with Crippen molar-refractivity contribution in [2.24, 2.45) is 17.8 Å². The van der Waals surface area contributed by atoms with E-state index < -0.39 is 0 Å². The second-order valence-electron chi connectivity index (χ2n) is 5.54. The molecule has 0 N–H and O–H groups in total. The Hall–Kier alpha value is 0. The first kappa shape index (κ1) is 10.5. The van der Waals surface area contributed by atoms with Crippen LogP contribution in [0.3, 0.4) is 0 Å². The van der Waals surface area contributed by atoms with Gasteiger partial charge in [0.2, 0.25) is 0 Å². The summed E-state index contributed by atoms with van der Waals surface area (Å²) in [6, 6.07) is 0. The van der Waals surface area contributed by atoms with E-state index in [4.69, 9.17) is 0 Å². The zero-order chi connectivity index (χ0) is 9.80. The van der Waals surface area contributed by atoms with E-state index in [1.165, 1.54) is 38.5 Å². The Kier molecular flexibility index (Phi) is 3.89. The average Bonchev–Trinajstić information content (AvgIpc) is 2.26. The molecule has 0 saturated heterocycles. The summed E-state index contributed by atoms with van der Waals surface area (Å²) in [5, 5.41) is 0. The van der Waals surface area contributed by atoms with Crippen molar-refractivity contribution in [3.05, 3.63) is 0 Å². The highest BCUT2D eigenvalue weighted by molar-refractivity contribution is 4.84. The summed E-state index contributed by atoms with van der Waals surface area (Å²) in [6.07, 6.45) is 15.3. The van der Waals surface area contributed by atoms with E-state index in [0.717, 1.165) is 17.8 Å². The molecule has 0 aliphatic heterocycles. The lowest BCUT2D eigenvalue weighted by molar-refractivity contribution is 0.0965. The lowest BCUT2D eigenvalue weighted by atomic mass is 9.64. The van der Waals surface area contributed by atoms with Gasteiger partial charge in [-0.3, -0.25) is 0 Å². The van der Waals surface area contributed by atoms with Crippen LogP contribution in [0.25, 0.3) is 0 Å². The fraction of sp³-hybridized carbons (Fsp3) is 1.00. The second kappa shape index (κ2) is 5.19. The molecule has 0 radical (unpaired) electrons. The quantitative estimate of drug-likeness (QED) is 0.606. The molecule has 0 amide bonds. The first-order valence-electron chi connectivity index (χ1n) is 6.92. The number of hydrogen-bond donors (Lipinski definition) is 0.